The summed E-state index contributed by atoms with van der Waals surface area (Å²) in [6.45, 7) is 0.738. The van der Waals surface area contributed by atoms with Crippen LogP contribution < -0.4 is 0 Å². The maximum absolute atomic E-state index is 11.1. The molecule has 0 spiro atoms. The van der Waals surface area contributed by atoms with Crippen LogP contribution in [0.15, 0.2) is 48.5 Å². The molecule has 2 aromatic carbocycles. The van der Waals surface area contributed by atoms with Gasteiger partial charge in [-0.1, -0.05) is 47.9 Å². The first-order valence-corrected chi connectivity index (χ1v) is 9.49. The Balaban J connectivity index is 1.87. The van der Waals surface area contributed by atoms with Crippen molar-refractivity contribution in [2.75, 3.05) is 6.61 Å². The van der Waals surface area contributed by atoms with E-state index >= 15 is 0 Å². The van der Waals surface area contributed by atoms with Gasteiger partial charge in [-0.2, -0.15) is 5.26 Å². The second kappa shape index (κ2) is 10.1. The summed E-state index contributed by atoms with van der Waals surface area (Å²) in [6, 6.07) is 17.1. The van der Waals surface area contributed by atoms with E-state index in [1.54, 1.807) is 6.07 Å². The molecule has 1 saturated heterocycles. The minimum Gasteiger partial charge on any atom is -0.377 e. The van der Waals surface area contributed by atoms with Crippen molar-refractivity contribution in [3.05, 3.63) is 70.8 Å². The molecule has 1 heterocycles. The van der Waals surface area contributed by atoms with Crippen LogP contribution in [0.2, 0.25) is 0 Å². The molecule has 28 heavy (non-hydrogen) atoms. The van der Waals surface area contributed by atoms with Crippen molar-refractivity contribution in [2.45, 2.75) is 31.8 Å². The monoisotopic (exact) mass is 367 g/mol. The van der Waals surface area contributed by atoms with E-state index in [4.69, 9.17) is 4.74 Å². The average Bonchev–Trinajstić information content (AvgIpc) is 2.76. The normalized spacial score (nSPS) is 16.5. The number of ether oxygens (including phenoxy) is 1. The van der Waals surface area contributed by atoms with E-state index < -0.39 is 0 Å². The minimum absolute atomic E-state index is 0.0206. The minimum atomic E-state index is -0.0990. The fourth-order valence-electron chi connectivity index (χ4n) is 3.19. The highest BCUT2D eigenvalue weighted by molar-refractivity contribution is 5.56. The van der Waals surface area contributed by atoms with Crippen LogP contribution in [0.3, 0.4) is 0 Å². The fraction of sp³-hybridized carbons (Fsp3) is 0.280. The molecule has 1 fully saturated rings. The van der Waals surface area contributed by atoms with Crippen LogP contribution in [0.5, 0.6) is 0 Å². The summed E-state index contributed by atoms with van der Waals surface area (Å²) >= 11 is 0. The number of aldehydes is 1. The molecule has 0 aromatic heterocycles. The van der Waals surface area contributed by atoms with E-state index in [9.17, 15) is 10.1 Å². The van der Waals surface area contributed by atoms with Crippen molar-refractivity contribution in [2.24, 2.45) is 5.92 Å². The summed E-state index contributed by atoms with van der Waals surface area (Å²) in [5.41, 5.74) is 2.87. The number of hydrogen-bond acceptors (Lipinski definition) is 3. The number of carbonyl (C=O) groups excluding carboxylic acids is 1. The third-order valence-electron chi connectivity index (χ3n) is 4.71. The Morgan fingerprint density at radius 1 is 0.964 bits per heavy atom. The zero-order valence-electron chi connectivity index (χ0n) is 15.7. The van der Waals surface area contributed by atoms with Crippen LogP contribution in [-0.2, 0) is 9.53 Å². The van der Waals surface area contributed by atoms with E-state index in [2.05, 4.69) is 29.8 Å². The molecule has 3 rings (SSSR count). The lowest BCUT2D eigenvalue weighted by Crippen LogP contribution is -2.27. The van der Waals surface area contributed by atoms with Crippen molar-refractivity contribution >= 4 is 6.29 Å². The van der Waals surface area contributed by atoms with Gasteiger partial charge in [-0.05, 0) is 43.5 Å². The molecule has 3 heteroatoms. The molecule has 0 aliphatic carbocycles. The molecular formula is C25H21NO2. The van der Waals surface area contributed by atoms with Gasteiger partial charge in [0.25, 0.3) is 0 Å². The molecule has 138 valence electrons. The zero-order chi connectivity index (χ0) is 19.6. The quantitative estimate of drug-likeness (QED) is 0.607. The molecule has 0 N–H and O–H groups in total. The number of rotatable bonds is 3. The first-order valence-electron chi connectivity index (χ1n) is 9.49. The van der Waals surface area contributed by atoms with Crippen molar-refractivity contribution in [1.82, 2.24) is 0 Å². The molecule has 2 aromatic rings. The zero-order valence-corrected chi connectivity index (χ0v) is 15.7. The van der Waals surface area contributed by atoms with E-state index in [1.807, 2.05) is 42.5 Å². The van der Waals surface area contributed by atoms with Crippen LogP contribution in [-0.4, -0.2) is 19.0 Å². The summed E-state index contributed by atoms with van der Waals surface area (Å²) in [7, 11) is 0. The second-order valence-corrected chi connectivity index (χ2v) is 6.64. The second-order valence-electron chi connectivity index (χ2n) is 6.64. The molecule has 1 aliphatic heterocycles. The summed E-state index contributed by atoms with van der Waals surface area (Å²) in [4.78, 5) is 11.1. The largest absolute Gasteiger partial charge is 0.377 e. The standard InChI is InChI=1S/C25H21NO2/c26-19-24-10-4-3-9-22(24)13-12-20-7-1-2-8-21(20)14-15-23(16-17-27)25-11-5-6-18-28-25/h1-4,7-10,17,23,25H,5-6,11,16,18H2. The van der Waals surface area contributed by atoms with Gasteiger partial charge >= 0.3 is 0 Å². The predicted octanol–water partition coefficient (Wildman–Crippen LogP) is 4.08. The van der Waals surface area contributed by atoms with Crippen molar-refractivity contribution in [3.8, 4) is 29.8 Å². The Bertz CT molecular complexity index is 989. The summed E-state index contributed by atoms with van der Waals surface area (Å²) < 4.78 is 5.82. The maximum atomic E-state index is 11.1. The van der Waals surface area contributed by atoms with Gasteiger partial charge in [0.2, 0.25) is 0 Å². The number of benzene rings is 2. The third kappa shape index (κ3) is 5.11. The fourth-order valence-corrected chi connectivity index (χ4v) is 3.19. The van der Waals surface area contributed by atoms with Crippen molar-refractivity contribution in [3.63, 3.8) is 0 Å². The average molecular weight is 367 g/mol. The molecular weight excluding hydrogens is 346 g/mol. The predicted molar refractivity (Wildman–Crippen MR) is 108 cm³/mol. The Hall–Kier alpha value is -3.32. The molecule has 1 aliphatic rings. The molecule has 2 unspecified atom stereocenters. The lowest BCUT2D eigenvalue weighted by molar-refractivity contribution is -0.109. The molecule has 3 nitrogen and oxygen atoms in total. The lowest BCUT2D eigenvalue weighted by atomic mass is 9.93. The summed E-state index contributed by atoms with van der Waals surface area (Å²) in [6.07, 6.45) is 4.44. The summed E-state index contributed by atoms with van der Waals surface area (Å²) in [5.74, 6) is 12.6. The first-order chi connectivity index (χ1) is 13.8. The third-order valence-corrected chi connectivity index (χ3v) is 4.71. The van der Waals surface area contributed by atoms with E-state index in [0.29, 0.717) is 17.5 Å². The van der Waals surface area contributed by atoms with Crippen LogP contribution in [0.25, 0.3) is 0 Å². The van der Waals surface area contributed by atoms with E-state index in [0.717, 1.165) is 43.3 Å². The van der Waals surface area contributed by atoms with Gasteiger partial charge in [-0.15, -0.1) is 0 Å². The SMILES string of the molecule is N#Cc1ccccc1C#Cc1ccccc1C#CC(CC=O)C1CCCCO1. The highest BCUT2D eigenvalue weighted by Crippen LogP contribution is 2.22. The van der Waals surface area contributed by atoms with Gasteiger partial charge in [0.1, 0.15) is 12.4 Å². The molecule has 0 bridgehead atoms. The summed E-state index contributed by atoms with van der Waals surface area (Å²) in [5, 5.41) is 9.21. The molecule has 0 amide bonds. The molecule has 0 radical (unpaired) electrons. The Labute approximate surface area is 166 Å². The van der Waals surface area contributed by atoms with Crippen molar-refractivity contribution in [1.29, 1.82) is 5.26 Å². The Morgan fingerprint density at radius 3 is 2.14 bits per heavy atom. The molecule has 0 saturated carbocycles. The van der Waals surface area contributed by atoms with E-state index in [1.165, 1.54) is 0 Å². The van der Waals surface area contributed by atoms with Gasteiger partial charge in [0, 0.05) is 29.7 Å². The number of nitriles is 1. The van der Waals surface area contributed by atoms with Crippen LogP contribution >= 0.6 is 0 Å². The lowest BCUT2D eigenvalue weighted by Gasteiger charge is -2.26. The van der Waals surface area contributed by atoms with E-state index in [-0.39, 0.29) is 12.0 Å². The number of hydrogen-bond donors (Lipinski definition) is 0. The van der Waals surface area contributed by atoms with Crippen LogP contribution in [0.1, 0.15) is 47.9 Å². The van der Waals surface area contributed by atoms with Gasteiger partial charge < -0.3 is 9.53 Å². The Kier molecular flexibility index (Phi) is 7.03. The smallest absolute Gasteiger partial charge is 0.121 e. The van der Waals surface area contributed by atoms with Gasteiger partial charge in [0.15, 0.2) is 0 Å². The first kappa shape index (κ1) is 19.4. The molecule has 2 atom stereocenters. The maximum Gasteiger partial charge on any atom is 0.121 e. The number of carbonyl (C=O) groups is 1. The Morgan fingerprint density at radius 2 is 1.57 bits per heavy atom. The highest BCUT2D eigenvalue weighted by Gasteiger charge is 2.22. The highest BCUT2D eigenvalue weighted by atomic mass is 16.5. The van der Waals surface area contributed by atoms with Gasteiger partial charge in [-0.3, -0.25) is 0 Å². The van der Waals surface area contributed by atoms with Crippen LogP contribution in [0, 0.1) is 40.9 Å². The van der Waals surface area contributed by atoms with Crippen molar-refractivity contribution < 1.29 is 9.53 Å². The number of nitrogens with zero attached hydrogens (tertiary/aromatic N) is 1. The topological polar surface area (TPSA) is 50.1 Å². The van der Waals surface area contributed by atoms with Gasteiger partial charge in [-0.25, -0.2) is 0 Å². The van der Waals surface area contributed by atoms with Crippen LogP contribution in [0.4, 0.5) is 0 Å². The van der Waals surface area contributed by atoms with Gasteiger partial charge in [0.05, 0.1) is 17.6 Å².